The topological polar surface area (TPSA) is 108 Å². The number of ether oxygens (including phenoxy) is 2. The van der Waals surface area contributed by atoms with Crippen molar-refractivity contribution in [3.05, 3.63) is 69.8 Å². The van der Waals surface area contributed by atoms with E-state index in [1.54, 1.807) is 6.92 Å². The van der Waals surface area contributed by atoms with Gasteiger partial charge in [-0.15, -0.1) is 13.2 Å². The van der Waals surface area contributed by atoms with Crippen LogP contribution in [0.2, 0.25) is 0 Å². The molecular formula is C19H15F3N2O6. The van der Waals surface area contributed by atoms with Gasteiger partial charge in [-0.3, -0.25) is 14.9 Å². The predicted molar refractivity (Wildman–Crippen MR) is 99.6 cm³/mol. The fourth-order valence-corrected chi connectivity index (χ4v) is 2.22. The maximum absolute atomic E-state index is 12.1. The van der Waals surface area contributed by atoms with Crippen molar-refractivity contribution in [2.75, 3.05) is 11.9 Å². The molecule has 2 aromatic carbocycles. The van der Waals surface area contributed by atoms with Gasteiger partial charge in [0.2, 0.25) is 0 Å². The van der Waals surface area contributed by atoms with Gasteiger partial charge in [0.1, 0.15) is 5.75 Å². The first-order chi connectivity index (χ1) is 14.0. The molecule has 0 aliphatic rings. The van der Waals surface area contributed by atoms with Crippen LogP contribution in [0.3, 0.4) is 0 Å². The number of carbonyl (C=O) groups is 2. The molecule has 0 fully saturated rings. The lowest BCUT2D eigenvalue weighted by Gasteiger charge is -2.08. The van der Waals surface area contributed by atoms with E-state index in [-0.39, 0.29) is 5.69 Å². The minimum atomic E-state index is -4.80. The molecule has 0 saturated carbocycles. The van der Waals surface area contributed by atoms with Crippen molar-refractivity contribution in [2.45, 2.75) is 13.3 Å². The molecule has 0 aliphatic heterocycles. The van der Waals surface area contributed by atoms with Crippen LogP contribution in [-0.2, 0) is 14.3 Å². The van der Waals surface area contributed by atoms with Gasteiger partial charge < -0.3 is 14.8 Å². The van der Waals surface area contributed by atoms with E-state index in [1.165, 1.54) is 36.4 Å². The van der Waals surface area contributed by atoms with Crippen LogP contribution in [0.15, 0.2) is 48.5 Å². The summed E-state index contributed by atoms with van der Waals surface area (Å²) in [5.74, 6) is -1.90. The summed E-state index contributed by atoms with van der Waals surface area (Å²) in [6.45, 7) is 0.973. The number of benzene rings is 2. The Hall–Kier alpha value is -3.89. The fourth-order valence-electron chi connectivity index (χ4n) is 2.22. The van der Waals surface area contributed by atoms with Crippen LogP contribution >= 0.6 is 0 Å². The highest BCUT2D eigenvalue weighted by atomic mass is 19.4. The third-order valence-corrected chi connectivity index (χ3v) is 3.57. The van der Waals surface area contributed by atoms with Crippen molar-refractivity contribution in [1.82, 2.24) is 0 Å². The van der Waals surface area contributed by atoms with Crippen molar-refractivity contribution in [3.63, 3.8) is 0 Å². The Bertz CT molecular complexity index is 971. The average molecular weight is 424 g/mol. The Kier molecular flexibility index (Phi) is 7.13. The number of nitro groups is 1. The van der Waals surface area contributed by atoms with Gasteiger partial charge in [0.15, 0.2) is 6.61 Å². The van der Waals surface area contributed by atoms with Crippen LogP contribution in [0.1, 0.15) is 11.1 Å². The zero-order valence-electron chi connectivity index (χ0n) is 15.4. The maximum Gasteiger partial charge on any atom is 0.573 e. The molecule has 2 rings (SSSR count). The highest BCUT2D eigenvalue weighted by Crippen LogP contribution is 2.23. The Morgan fingerprint density at radius 3 is 2.40 bits per heavy atom. The second kappa shape index (κ2) is 9.54. The van der Waals surface area contributed by atoms with E-state index in [1.807, 2.05) is 0 Å². The standard InChI is InChI=1S/C19H15F3N2O6/c1-12-10-14(24(27)28)5-8-16(12)23-17(25)11-29-18(26)9-4-13-2-6-15(7-3-13)30-19(20,21)22/h2-10H,11H2,1H3,(H,23,25)/b9-4+. The third kappa shape index (κ3) is 7.26. The number of alkyl halides is 3. The molecule has 0 unspecified atom stereocenters. The molecule has 1 amide bonds. The normalized spacial score (nSPS) is 11.2. The Labute approximate surface area is 168 Å². The van der Waals surface area contributed by atoms with E-state index >= 15 is 0 Å². The zero-order chi connectivity index (χ0) is 22.3. The van der Waals surface area contributed by atoms with E-state index < -0.39 is 35.5 Å². The van der Waals surface area contributed by atoms with Gasteiger partial charge in [-0.1, -0.05) is 12.1 Å². The summed E-state index contributed by atoms with van der Waals surface area (Å²) >= 11 is 0. The molecular weight excluding hydrogens is 409 g/mol. The molecule has 8 nitrogen and oxygen atoms in total. The van der Waals surface area contributed by atoms with E-state index in [9.17, 15) is 32.9 Å². The highest BCUT2D eigenvalue weighted by Gasteiger charge is 2.30. The Balaban J connectivity index is 1.84. The second-order valence-electron chi connectivity index (χ2n) is 5.86. The van der Waals surface area contributed by atoms with Crippen molar-refractivity contribution in [3.8, 4) is 5.75 Å². The van der Waals surface area contributed by atoms with E-state index in [0.717, 1.165) is 18.2 Å². The quantitative estimate of drug-likeness (QED) is 0.312. The van der Waals surface area contributed by atoms with E-state index in [0.29, 0.717) is 16.8 Å². The lowest BCUT2D eigenvalue weighted by atomic mass is 10.2. The first kappa shape index (κ1) is 22.4. The number of anilines is 1. The molecule has 1 N–H and O–H groups in total. The number of amides is 1. The molecule has 0 radical (unpaired) electrons. The third-order valence-electron chi connectivity index (χ3n) is 3.57. The molecule has 0 aromatic heterocycles. The van der Waals surface area contributed by atoms with Crippen LogP contribution in [0.25, 0.3) is 6.08 Å². The predicted octanol–water partition coefficient (Wildman–Crippen LogP) is 4.00. The first-order valence-corrected chi connectivity index (χ1v) is 8.29. The lowest BCUT2D eigenvalue weighted by Crippen LogP contribution is -2.20. The van der Waals surface area contributed by atoms with Gasteiger partial charge in [-0.25, -0.2) is 4.79 Å². The van der Waals surface area contributed by atoms with Crippen LogP contribution in [0.5, 0.6) is 5.75 Å². The highest BCUT2D eigenvalue weighted by molar-refractivity contribution is 5.95. The van der Waals surface area contributed by atoms with Gasteiger partial charge in [0.05, 0.1) is 4.92 Å². The van der Waals surface area contributed by atoms with Crippen molar-refractivity contribution < 1.29 is 37.2 Å². The molecule has 11 heteroatoms. The number of nitrogens with zero attached hydrogens (tertiary/aromatic N) is 1. The largest absolute Gasteiger partial charge is 0.573 e. The molecule has 30 heavy (non-hydrogen) atoms. The SMILES string of the molecule is Cc1cc([N+](=O)[O-])ccc1NC(=O)COC(=O)/C=C/c1ccc(OC(F)(F)F)cc1. The summed E-state index contributed by atoms with van der Waals surface area (Å²) in [4.78, 5) is 33.7. The molecule has 0 spiro atoms. The minimum absolute atomic E-state index is 0.125. The van der Waals surface area contributed by atoms with Gasteiger partial charge in [0, 0.05) is 23.9 Å². The van der Waals surface area contributed by atoms with E-state index in [2.05, 4.69) is 10.1 Å². The molecule has 0 aliphatic carbocycles. The molecule has 2 aromatic rings. The van der Waals surface area contributed by atoms with Crippen molar-refractivity contribution in [2.24, 2.45) is 0 Å². The van der Waals surface area contributed by atoms with Crippen LogP contribution < -0.4 is 10.1 Å². The van der Waals surface area contributed by atoms with Gasteiger partial charge in [-0.2, -0.15) is 0 Å². The van der Waals surface area contributed by atoms with Gasteiger partial charge in [0.25, 0.3) is 11.6 Å². The Morgan fingerprint density at radius 1 is 1.17 bits per heavy atom. The summed E-state index contributed by atoms with van der Waals surface area (Å²) in [7, 11) is 0. The number of hydrogen-bond donors (Lipinski definition) is 1. The van der Waals surface area contributed by atoms with Crippen LogP contribution in [0, 0.1) is 17.0 Å². The van der Waals surface area contributed by atoms with E-state index in [4.69, 9.17) is 4.74 Å². The number of esters is 1. The summed E-state index contributed by atoms with van der Waals surface area (Å²) in [5, 5.41) is 13.2. The fraction of sp³-hybridized carbons (Fsp3) is 0.158. The number of rotatable bonds is 7. The number of nitro benzene ring substituents is 1. The summed E-state index contributed by atoms with van der Waals surface area (Å²) < 4.78 is 44.8. The molecule has 0 atom stereocenters. The molecule has 158 valence electrons. The number of hydrogen-bond acceptors (Lipinski definition) is 6. The molecule has 0 bridgehead atoms. The monoisotopic (exact) mass is 424 g/mol. The minimum Gasteiger partial charge on any atom is -0.452 e. The number of halogens is 3. The molecule has 0 saturated heterocycles. The summed E-state index contributed by atoms with van der Waals surface area (Å²) in [6, 6.07) is 8.64. The van der Waals surface area contributed by atoms with Crippen LogP contribution in [-0.4, -0.2) is 29.8 Å². The van der Waals surface area contributed by atoms with Gasteiger partial charge >= 0.3 is 12.3 Å². The number of non-ortho nitro benzene ring substituents is 1. The second-order valence-corrected chi connectivity index (χ2v) is 5.86. The summed E-state index contributed by atoms with van der Waals surface area (Å²) in [6.07, 6.45) is -2.50. The zero-order valence-corrected chi connectivity index (χ0v) is 15.4. The van der Waals surface area contributed by atoms with Crippen molar-refractivity contribution >= 4 is 29.3 Å². The van der Waals surface area contributed by atoms with Crippen LogP contribution in [0.4, 0.5) is 24.5 Å². The number of nitrogens with one attached hydrogen (secondary N) is 1. The number of aryl methyl sites for hydroxylation is 1. The summed E-state index contributed by atoms with van der Waals surface area (Å²) in [5.41, 5.74) is 1.08. The van der Waals surface area contributed by atoms with Gasteiger partial charge in [-0.05, 0) is 42.3 Å². The Morgan fingerprint density at radius 2 is 1.83 bits per heavy atom. The maximum atomic E-state index is 12.1. The van der Waals surface area contributed by atoms with Crippen molar-refractivity contribution in [1.29, 1.82) is 0 Å². The number of carbonyl (C=O) groups excluding carboxylic acids is 2. The molecule has 0 heterocycles. The smallest absolute Gasteiger partial charge is 0.452 e. The lowest BCUT2D eigenvalue weighted by molar-refractivity contribution is -0.384. The first-order valence-electron chi connectivity index (χ1n) is 8.29. The average Bonchev–Trinajstić information content (AvgIpc) is 2.66.